The summed E-state index contributed by atoms with van der Waals surface area (Å²) in [6, 6.07) is 0. The number of hydrogen-bond donors (Lipinski definition) is 2. The molecule has 120 valence electrons. The molecule has 0 radical (unpaired) electrons. The zero-order chi connectivity index (χ0) is 16.7. The van der Waals surface area contributed by atoms with Gasteiger partial charge in [-0.1, -0.05) is 18.5 Å². The highest BCUT2D eigenvalue weighted by molar-refractivity contribution is 6.30. The van der Waals surface area contributed by atoms with Gasteiger partial charge in [-0.05, 0) is 18.8 Å². The lowest BCUT2D eigenvalue weighted by Crippen LogP contribution is -2.30. The fourth-order valence-electron chi connectivity index (χ4n) is 2.91. The summed E-state index contributed by atoms with van der Waals surface area (Å²) in [5, 5.41) is 13.2. The Hall–Kier alpha value is -2.41. The molecule has 2 heterocycles. The summed E-state index contributed by atoms with van der Waals surface area (Å²) in [7, 11) is 1.61. The number of aromatic nitrogens is 3. The molecule has 2 aromatic heterocycles. The van der Waals surface area contributed by atoms with Crippen LogP contribution in [0.4, 0.5) is 5.95 Å². The van der Waals surface area contributed by atoms with E-state index in [0.29, 0.717) is 17.0 Å². The first-order valence-electron chi connectivity index (χ1n) is 7.13. The Morgan fingerprint density at radius 2 is 2.09 bits per heavy atom. The number of pyridine rings is 1. The van der Waals surface area contributed by atoms with Crippen LogP contribution in [0, 0.1) is 0 Å². The lowest BCUT2D eigenvalue weighted by molar-refractivity contribution is 0.102. The van der Waals surface area contributed by atoms with Crippen molar-refractivity contribution in [2.24, 2.45) is 7.05 Å². The van der Waals surface area contributed by atoms with Crippen LogP contribution in [0.5, 0.6) is 5.75 Å². The summed E-state index contributed by atoms with van der Waals surface area (Å²) in [4.78, 5) is 32.5. The summed E-state index contributed by atoms with van der Waals surface area (Å²) < 4.78 is 1.43. The zero-order valence-electron chi connectivity index (χ0n) is 12.6. The summed E-state index contributed by atoms with van der Waals surface area (Å²) in [6.45, 7) is 1.96. The lowest BCUT2D eigenvalue weighted by Gasteiger charge is -2.14. The molecule has 0 spiro atoms. The molecule has 0 aliphatic heterocycles. The zero-order valence-corrected chi connectivity index (χ0v) is 13.4. The Morgan fingerprint density at radius 3 is 2.74 bits per heavy atom. The highest BCUT2D eigenvalue weighted by atomic mass is 35.5. The molecule has 0 bridgehead atoms. The van der Waals surface area contributed by atoms with Crippen LogP contribution in [-0.2, 0) is 13.5 Å². The van der Waals surface area contributed by atoms with Gasteiger partial charge in [-0.2, -0.15) is 0 Å². The van der Waals surface area contributed by atoms with Gasteiger partial charge >= 0.3 is 0 Å². The number of amides is 1. The molecular formula is C15H15ClN4O3. The first kappa shape index (κ1) is 15.5. The van der Waals surface area contributed by atoms with Crippen LogP contribution in [0.3, 0.4) is 0 Å². The third-order valence-corrected chi connectivity index (χ3v) is 4.30. The molecule has 0 unspecified atom stereocenters. The lowest BCUT2D eigenvalue weighted by atomic mass is 10.0. The topological polar surface area (TPSA) is 97.1 Å². The van der Waals surface area contributed by atoms with Gasteiger partial charge in [0.25, 0.3) is 11.5 Å². The van der Waals surface area contributed by atoms with E-state index in [1.807, 2.05) is 6.92 Å². The van der Waals surface area contributed by atoms with Crippen LogP contribution in [0.1, 0.15) is 40.9 Å². The number of rotatable bonds is 2. The number of aromatic hydroxyl groups is 1. The van der Waals surface area contributed by atoms with Crippen molar-refractivity contribution < 1.29 is 9.90 Å². The quantitative estimate of drug-likeness (QED) is 0.873. The second kappa shape index (κ2) is 5.66. The van der Waals surface area contributed by atoms with Gasteiger partial charge in [-0.25, -0.2) is 9.97 Å². The van der Waals surface area contributed by atoms with Crippen molar-refractivity contribution in [2.75, 3.05) is 5.32 Å². The second-order valence-electron chi connectivity index (χ2n) is 5.57. The van der Waals surface area contributed by atoms with Gasteiger partial charge in [0.1, 0.15) is 11.3 Å². The maximum Gasteiger partial charge on any atom is 0.267 e. The monoisotopic (exact) mass is 334 g/mol. The maximum atomic E-state index is 12.4. The number of fused-ring (bicyclic) bond motifs is 1. The minimum atomic E-state index is -0.743. The van der Waals surface area contributed by atoms with Crippen molar-refractivity contribution in [3.05, 3.63) is 44.6 Å². The van der Waals surface area contributed by atoms with Crippen LogP contribution >= 0.6 is 11.6 Å². The molecule has 1 aliphatic carbocycles. The average molecular weight is 335 g/mol. The van der Waals surface area contributed by atoms with E-state index in [0.717, 1.165) is 12.1 Å². The molecular weight excluding hydrogens is 320 g/mol. The number of hydrogen-bond acceptors (Lipinski definition) is 5. The first-order chi connectivity index (χ1) is 10.9. The van der Waals surface area contributed by atoms with Gasteiger partial charge in [-0.15, -0.1) is 0 Å². The van der Waals surface area contributed by atoms with E-state index in [2.05, 4.69) is 15.3 Å². The van der Waals surface area contributed by atoms with Crippen molar-refractivity contribution in [1.29, 1.82) is 0 Å². The first-order valence-corrected chi connectivity index (χ1v) is 7.51. The van der Waals surface area contributed by atoms with Gasteiger partial charge in [0, 0.05) is 18.3 Å². The Labute approximate surface area is 137 Å². The maximum absolute atomic E-state index is 12.4. The van der Waals surface area contributed by atoms with Crippen molar-refractivity contribution in [1.82, 2.24) is 14.5 Å². The van der Waals surface area contributed by atoms with Gasteiger partial charge < -0.3 is 9.67 Å². The molecule has 1 amide bonds. The Bertz CT molecular complexity index is 845. The van der Waals surface area contributed by atoms with E-state index in [-0.39, 0.29) is 23.2 Å². The predicted molar refractivity (Wildman–Crippen MR) is 85.1 cm³/mol. The minimum Gasteiger partial charge on any atom is -0.507 e. The van der Waals surface area contributed by atoms with E-state index in [1.54, 1.807) is 7.05 Å². The SMILES string of the molecule is C[C@H]1CCc2c1c(O)c(C(=O)Nc1ncc(Cl)cn1)c(=O)n2C. The van der Waals surface area contributed by atoms with Crippen LogP contribution in [0.2, 0.25) is 5.02 Å². The summed E-state index contributed by atoms with van der Waals surface area (Å²) in [5.74, 6) is -0.892. The molecule has 0 saturated carbocycles. The minimum absolute atomic E-state index is 0.00870. The number of carbonyl (C=O) groups excluding carboxylic acids is 1. The number of nitrogens with zero attached hydrogens (tertiary/aromatic N) is 3. The average Bonchev–Trinajstić information content (AvgIpc) is 2.90. The molecule has 3 rings (SSSR count). The van der Waals surface area contributed by atoms with E-state index in [4.69, 9.17) is 11.6 Å². The summed E-state index contributed by atoms with van der Waals surface area (Å²) in [5.41, 5.74) is 0.605. The molecule has 0 aromatic carbocycles. The van der Waals surface area contributed by atoms with E-state index in [9.17, 15) is 14.7 Å². The molecule has 1 atom stereocenters. The van der Waals surface area contributed by atoms with E-state index in [1.165, 1.54) is 17.0 Å². The highest BCUT2D eigenvalue weighted by Crippen LogP contribution is 2.39. The smallest absolute Gasteiger partial charge is 0.267 e. The van der Waals surface area contributed by atoms with Crippen molar-refractivity contribution in [3.8, 4) is 5.75 Å². The number of nitrogens with one attached hydrogen (secondary N) is 1. The highest BCUT2D eigenvalue weighted by Gasteiger charge is 2.31. The van der Waals surface area contributed by atoms with Crippen molar-refractivity contribution in [3.63, 3.8) is 0 Å². The molecule has 2 aromatic rings. The summed E-state index contributed by atoms with van der Waals surface area (Å²) in [6.07, 6.45) is 4.19. The van der Waals surface area contributed by atoms with E-state index >= 15 is 0 Å². The predicted octanol–water partition coefficient (Wildman–Crippen LogP) is 1.84. The van der Waals surface area contributed by atoms with Gasteiger partial charge in [-0.3, -0.25) is 14.9 Å². The van der Waals surface area contributed by atoms with Gasteiger partial charge in [0.05, 0.1) is 17.4 Å². The normalized spacial score (nSPS) is 16.2. The van der Waals surface area contributed by atoms with Gasteiger partial charge in [0.15, 0.2) is 0 Å². The number of anilines is 1. The van der Waals surface area contributed by atoms with Crippen molar-refractivity contribution in [2.45, 2.75) is 25.7 Å². The fourth-order valence-corrected chi connectivity index (χ4v) is 3.00. The van der Waals surface area contributed by atoms with Crippen LogP contribution in [0.25, 0.3) is 0 Å². The molecule has 1 aliphatic rings. The summed E-state index contributed by atoms with van der Waals surface area (Å²) >= 11 is 5.69. The van der Waals surface area contributed by atoms with Gasteiger partial charge in [0.2, 0.25) is 5.95 Å². The molecule has 0 saturated heterocycles. The Morgan fingerprint density at radius 1 is 1.43 bits per heavy atom. The molecule has 8 heteroatoms. The van der Waals surface area contributed by atoms with Crippen molar-refractivity contribution >= 4 is 23.5 Å². The number of halogens is 1. The van der Waals surface area contributed by atoms with E-state index < -0.39 is 11.5 Å². The van der Waals surface area contributed by atoms with Crippen LogP contribution in [0.15, 0.2) is 17.2 Å². The Balaban J connectivity index is 2.04. The van der Waals surface area contributed by atoms with Crippen LogP contribution in [-0.4, -0.2) is 25.5 Å². The third-order valence-electron chi connectivity index (χ3n) is 4.11. The molecule has 2 N–H and O–H groups in total. The fraction of sp³-hybridized carbons (Fsp3) is 0.333. The second-order valence-corrected chi connectivity index (χ2v) is 6.00. The third kappa shape index (κ3) is 2.57. The standard InChI is InChI=1S/C15H15ClN4O3/c1-7-3-4-9-10(7)12(21)11(14(23)20(9)2)13(22)19-15-17-5-8(16)6-18-15/h5-7,21H,3-4H2,1-2H3,(H,17,18,19,22)/t7-/m0/s1. The molecule has 23 heavy (non-hydrogen) atoms. The Kier molecular flexibility index (Phi) is 3.81. The largest absolute Gasteiger partial charge is 0.507 e. The molecule has 7 nitrogen and oxygen atoms in total. The van der Waals surface area contributed by atoms with Crippen LogP contribution < -0.4 is 10.9 Å². The molecule has 0 fully saturated rings. The number of carbonyl (C=O) groups is 1.